The molecule has 1 saturated heterocycles. The van der Waals surface area contributed by atoms with Gasteiger partial charge in [-0.3, -0.25) is 0 Å². The lowest BCUT2D eigenvalue weighted by Gasteiger charge is -2.22. The fourth-order valence-corrected chi connectivity index (χ4v) is 2.23. The Labute approximate surface area is 120 Å². The summed E-state index contributed by atoms with van der Waals surface area (Å²) < 4.78 is 31.3. The van der Waals surface area contributed by atoms with Gasteiger partial charge in [-0.05, 0) is 6.42 Å². The molecule has 0 unspecified atom stereocenters. The van der Waals surface area contributed by atoms with Crippen LogP contribution in [0.2, 0.25) is 0 Å². The Morgan fingerprint density at radius 2 is 2.14 bits per heavy atom. The number of hydrogen-bond donors (Lipinski definition) is 2. The number of rotatable bonds is 3. The topological polar surface area (TPSA) is 89.6 Å². The fourth-order valence-electron chi connectivity index (χ4n) is 2.23. The second kappa shape index (κ2) is 6.24. The zero-order valence-corrected chi connectivity index (χ0v) is 11.2. The normalized spacial score (nSPS) is 17.8. The van der Waals surface area contributed by atoms with Gasteiger partial charge in [0, 0.05) is 32.0 Å². The quantitative estimate of drug-likeness (QED) is 0.807. The molecule has 2 N–H and O–H groups in total. The van der Waals surface area contributed by atoms with Crippen LogP contribution in [-0.2, 0) is 0 Å². The van der Waals surface area contributed by atoms with E-state index < -0.39 is 13.2 Å². The van der Waals surface area contributed by atoms with Crippen molar-refractivity contribution in [2.75, 3.05) is 18.0 Å². The van der Waals surface area contributed by atoms with Gasteiger partial charge in [-0.15, -0.1) is 0 Å². The minimum absolute atomic E-state index is 0.0189. The van der Waals surface area contributed by atoms with Crippen LogP contribution in [0.4, 0.5) is 14.6 Å². The third kappa shape index (κ3) is 4.03. The molecule has 1 aliphatic heterocycles. The molecule has 0 spiro atoms. The highest BCUT2D eigenvalue weighted by atomic mass is 19.3. The zero-order valence-electron chi connectivity index (χ0n) is 11.2. The first-order valence-electron chi connectivity index (χ1n) is 6.47. The van der Waals surface area contributed by atoms with E-state index in [4.69, 9.17) is 15.3 Å². The minimum Gasteiger partial charge on any atom is -0.511 e. The van der Waals surface area contributed by atoms with E-state index >= 15 is 0 Å². The average Bonchev–Trinajstić information content (AvgIpc) is 2.59. The molecule has 6 nitrogen and oxygen atoms in total. The standard InChI is InChI=1S/C12H14BF2N3O3/c14-12(15)2-1-4-18(5-3-12)11-9(7-16)6-10(8-17-11)21-13(19)20/h6,8,19-20H,1-5H2. The van der Waals surface area contributed by atoms with Crippen molar-refractivity contribution in [3.05, 3.63) is 17.8 Å². The van der Waals surface area contributed by atoms with Gasteiger partial charge >= 0.3 is 7.32 Å². The Bertz CT molecular complexity index is 551. The third-order valence-electron chi connectivity index (χ3n) is 3.22. The third-order valence-corrected chi connectivity index (χ3v) is 3.22. The van der Waals surface area contributed by atoms with Crippen LogP contribution in [-0.4, -0.2) is 41.4 Å². The summed E-state index contributed by atoms with van der Waals surface area (Å²) in [5.74, 6) is -2.37. The van der Waals surface area contributed by atoms with Crippen LogP contribution in [0.3, 0.4) is 0 Å². The summed E-state index contributed by atoms with van der Waals surface area (Å²) in [5.41, 5.74) is 0.137. The van der Waals surface area contributed by atoms with E-state index in [1.807, 2.05) is 6.07 Å². The van der Waals surface area contributed by atoms with Crippen LogP contribution in [0, 0.1) is 11.3 Å². The van der Waals surface area contributed by atoms with E-state index in [1.54, 1.807) is 4.90 Å². The maximum Gasteiger partial charge on any atom is 0.707 e. The van der Waals surface area contributed by atoms with Crippen molar-refractivity contribution in [1.82, 2.24) is 4.98 Å². The van der Waals surface area contributed by atoms with E-state index in [-0.39, 0.29) is 30.7 Å². The number of nitriles is 1. The predicted octanol–water partition coefficient (Wildman–Crippen LogP) is 0.927. The van der Waals surface area contributed by atoms with E-state index in [0.29, 0.717) is 18.8 Å². The Kier molecular flexibility index (Phi) is 4.60. The van der Waals surface area contributed by atoms with Crippen LogP contribution in [0.25, 0.3) is 0 Å². The van der Waals surface area contributed by atoms with Crippen molar-refractivity contribution in [2.45, 2.75) is 25.2 Å². The Morgan fingerprint density at radius 3 is 2.81 bits per heavy atom. The van der Waals surface area contributed by atoms with E-state index in [0.717, 1.165) is 0 Å². The molecule has 1 fully saturated rings. The summed E-state index contributed by atoms with van der Waals surface area (Å²) in [5, 5.41) is 26.6. The first kappa shape index (κ1) is 15.5. The van der Waals surface area contributed by atoms with E-state index in [9.17, 15) is 8.78 Å². The van der Waals surface area contributed by atoms with Gasteiger partial charge in [0.25, 0.3) is 0 Å². The van der Waals surface area contributed by atoms with E-state index in [2.05, 4.69) is 9.64 Å². The van der Waals surface area contributed by atoms with Gasteiger partial charge < -0.3 is 19.6 Å². The SMILES string of the molecule is N#Cc1cc(OB(O)O)cnc1N1CCCC(F)(F)CC1. The first-order valence-corrected chi connectivity index (χ1v) is 6.47. The molecule has 0 saturated carbocycles. The van der Waals surface area contributed by atoms with Crippen molar-refractivity contribution < 1.29 is 23.5 Å². The monoisotopic (exact) mass is 297 g/mol. The van der Waals surface area contributed by atoms with Gasteiger partial charge in [0.05, 0.1) is 11.8 Å². The highest BCUT2D eigenvalue weighted by molar-refractivity contribution is 6.33. The molecule has 0 bridgehead atoms. The summed E-state index contributed by atoms with van der Waals surface area (Å²) in [6.45, 7) is 0.498. The molecule has 2 heterocycles. The maximum atomic E-state index is 13.4. The Hall–Kier alpha value is -1.92. The summed E-state index contributed by atoms with van der Waals surface area (Å²) in [4.78, 5) is 5.66. The molecule has 1 aromatic heterocycles. The van der Waals surface area contributed by atoms with Crippen molar-refractivity contribution in [2.24, 2.45) is 0 Å². The van der Waals surface area contributed by atoms with Crippen LogP contribution >= 0.6 is 0 Å². The largest absolute Gasteiger partial charge is 0.707 e. The van der Waals surface area contributed by atoms with Crippen molar-refractivity contribution in [3.63, 3.8) is 0 Å². The highest BCUT2D eigenvalue weighted by Gasteiger charge is 2.32. The van der Waals surface area contributed by atoms with Crippen LogP contribution in [0.5, 0.6) is 5.75 Å². The number of halogens is 2. The summed E-state index contributed by atoms with van der Waals surface area (Å²) in [7, 11) is -2.01. The lowest BCUT2D eigenvalue weighted by molar-refractivity contribution is -0.0102. The molecule has 0 aliphatic carbocycles. The van der Waals surface area contributed by atoms with Gasteiger partial charge in [0.2, 0.25) is 5.92 Å². The molecule has 1 aromatic rings. The minimum atomic E-state index is -2.69. The molecular formula is C12H14BF2N3O3. The highest BCUT2D eigenvalue weighted by Crippen LogP contribution is 2.31. The van der Waals surface area contributed by atoms with Crippen LogP contribution in [0.1, 0.15) is 24.8 Å². The smallest absolute Gasteiger partial charge is 0.511 e. The summed E-state index contributed by atoms with van der Waals surface area (Å²) in [6.07, 6.45) is 1.07. The molecule has 0 aromatic carbocycles. The number of hydrogen-bond acceptors (Lipinski definition) is 6. The molecular weight excluding hydrogens is 283 g/mol. The molecule has 1 aliphatic rings. The van der Waals surface area contributed by atoms with Crippen molar-refractivity contribution >= 4 is 13.1 Å². The molecule has 0 radical (unpaired) electrons. The molecule has 2 rings (SSSR count). The van der Waals surface area contributed by atoms with Gasteiger partial charge in [0.1, 0.15) is 17.6 Å². The van der Waals surface area contributed by atoms with E-state index in [1.165, 1.54) is 12.3 Å². The molecule has 9 heteroatoms. The van der Waals surface area contributed by atoms with Gasteiger partial charge in [0.15, 0.2) is 0 Å². The second-order valence-corrected chi connectivity index (χ2v) is 4.79. The lowest BCUT2D eigenvalue weighted by atomic mass is 10.1. The number of aromatic nitrogens is 1. The number of alkyl halides is 2. The van der Waals surface area contributed by atoms with Crippen molar-refractivity contribution in [3.8, 4) is 11.8 Å². The molecule has 21 heavy (non-hydrogen) atoms. The summed E-state index contributed by atoms with van der Waals surface area (Å²) >= 11 is 0. The van der Waals surface area contributed by atoms with Crippen LogP contribution < -0.4 is 9.55 Å². The number of anilines is 1. The maximum absolute atomic E-state index is 13.4. The van der Waals surface area contributed by atoms with Gasteiger partial charge in [-0.2, -0.15) is 5.26 Å². The van der Waals surface area contributed by atoms with Crippen LogP contribution in [0.15, 0.2) is 12.3 Å². The van der Waals surface area contributed by atoms with Gasteiger partial charge in [-0.1, -0.05) is 0 Å². The zero-order chi connectivity index (χ0) is 15.5. The molecule has 0 amide bonds. The Morgan fingerprint density at radius 1 is 1.38 bits per heavy atom. The lowest BCUT2D eigenvalue weighted by Crippen LogP contribution is -2.27. The average molecular weight is 297 g/mol. The number of pyridine rings is 1. The van der Waals surface area contributed by atoms with Gasteiger partial charge in [-0.25, -0.2) is 13.8 Å². The fraction of sp³-hybridized carbons (Fsp3) is 0.500. The number of nitrogens with zero attached hydrogens (tertiary/aromatic N) is 3. The molecule has 112 valence electrons. The predicted molar refractivity (Wildman–Crippen MR) is 70.8 cm³/mol. The van der Waals surface area contributed by atoms with Crippen molar-refractivity contribution in [1.29, 1.82) is 5.26 Å². The first-order chi connectivity index (χ1) is 9.91. The Balaban J connectivity index is 2.21. The summed E-state index contributed by atoms with van der Waals surface area (Å²) in [6, 6.07) is 3.21. The molecule has 0 atom stereocenters. The second-order valence-electron chi connectivity index (χ2n) is 4.79.